The number of carbonyl (C=O) groups is 1. The van der Waals surface area contributed by atoms with Crippen molar-refractivity contribution in [3.05, 3.63) is 54.1 Å². The van der Waals surface area contributed by atoms with Crippen LogP contribution in [-0.4, -0.2) is 17.1 Å². The number of ketones is 1. The second-order valence-corrected chi connectivity index (χ2v) is 3.92. The van der Waals surface area contributed by atoms with Crippen LogP contribution in [0.2, 0.25) is 0 Å². The van der Waals surface area contributed by atoms with Gasteiger partial charge < -0.3 is 5.11 Å². The molecule has 0 amide bonds. The second kappa shape index (κ2) is 4.76. The summed E-state index contributed by atoms with van der Waals surface area (Å²) in [5, 5.41) is 11.0. The quantitative estimate of drug-likeness (QED) is 0.661. The van der Waals surface area contributed by atoms with E-state index in [1.807, 2.05) is 0 Å². The van der Waals surface area contributed by atoms with Crippen molar-refractivity contribution in [3.8, 4) is 0 Å². The maximum absolute atomic E-state index is 12.1. The first-order valence-corrected chi connectivity index (χ1v) is 5.39. The third-order valence-electron chi connectivity index (χ3n) is 2.61. The number of allylic oxidation sites excluding steroid dienone is 1. The summed E-state index contributed by atoms with van der Waals surface area (Å²) in [4.78, 5) is 10.8. The lowest BCUT2D eigenvalue weighted by Crippen LogP contribution is -2.20. The highest BCUT2D eigenvalue weighted by Gasteiger charge is 2.37. The minimum absolute atomic E-state index is 0.190. The number of aliphatic hydroxyl groups is 1. The van der Waals surface area contributed by atoms with Crippen LogP contribution in [0.5, 0.6) is 0 Å². The zero-order valence-electron chi connectivity index (χ0n) is 9.61. The van der Waals surface area contributed by atoms with E-state index < -0.39 is 17.7 Å². The lowest BCUT2D eigenvalue weighted by atomic mass is 10.0. The van der Waals surface area contributed by atoms with Crippen molar-refractivity contribution in [1.29, 1.82) is 0 Å². The van der Waals surface area contributed by atoms with Crippen LogP contribution in [0.1, 0.15) is 5.56 Å². The number of carbonyl (C=O) groups excluding carboxylic acids is 1. The van der Waals surface area contributed by atoms with Crippen molar-refractivity contribution in [2.45, 2.75) is 6.18 Å². The number of fused-ring (bicyclic) bond motifs is 1. The Hall–Kier alpha value is -2.30. The monoisotopic (exact) mass is 266 g/mol. The molecule has 98 valence electrons. The maximum Gasteiger partial charge on any atom is 0.454 e. The standard InChI is InChI=1S/C14H9F3O2/c15-14(16,17)13(19)8-12(18)11-7-3-5-9-4-1-2-6-10(9)11/h1-8,18H/b12-8+. The molecule has 0 aliphatic carbocycles. The van der Waals surface area contributed by atoms with E-state index >= 15 is 0 Å². The smallest absolute Gasteiger partial charge is 0.454 e. The topological polar surface area (TPSA) is 37.3 Å². The summed E-state index contributed by atoms with van der Waals surface area (Å²) in [5.41, 5.74) is 0.190. The summed E-state index contributed by atoms with van der Waals surface area (Å²) in [6, 6.07) is 11.7. The first kappa shape index (κ1) is 13.1. The van der Waals surface area contributed by atoms with Crippen LogP contribution in [-0.2, 0) is 4.79 Å². The molecule has 2 aromatic rings. The highest BCUT2D eigenvalue weighted by atomic mass is 19.4. The minimum Gasteiger partial charge on any atom is -0.507 e. The largest absolute Gasteiger partial charge is 0.507 e. The molecule has 2 rings (SSSR count). The lowest BCUT2D eigenvalue weighted by Gasteiger charge is -2.06. The van der Waals surface area contributed by atoms with Gasteiger partial charge in [-0.3, -0.25) is 4.79 Å². The molecule has 2 nitrogen and oxygen atoms in total. The predicted octanol–water partition coefficient (Wildman–Crippen LogP) is 3.87. The zero-order chi connectivity index (χ0) is 14.0. The van der Waals surface area contributed by atoms with E-state index in [9.17, 15) is 23.1 Å². The van der Waals surface area contributed by atoms with Gasteiger partial charge in [-0.1, -0.05) is 42.5 Å². The number of aliphatic hydroxyl groups excluding tert-OH is 1. The molecule has 19 heavy (non-hydrogen) atoms. The SMILES string of the molecule is O=C(/C=C(/O)c1cccc2ccccc12)C(F)(F)F. The molecule has 5 heteroatoms. The van der Waals surface area contributed by atoms with E-state index in [-0.39, 0.29) is 11.6 Å². The van der Waals surface area contributed by atoms with Gasteiger partial charge in [0.25, 0.3) is 5.78 Å². The molecular formula is C14H9F3O2. The second-order valence-electron chi connectivity index (χ2n) is 3.92. The third-order valence-corrected chi connectivity index (χ3v) is 2.61. The summed E-state index contributed by atoms with van der Waals surface area (Å²) in [6.07, 6.45) is -4.79. The van der Waals surface area contributed by atoms with Gasteiger partial charge in [0.2, 0.25) is 0 Å². The minimum atomic E-state index is -4.99. The molecule has 0 fully saturated rings. The fourth-order valence-corrected chi connectivity index (χ4v) is 1.73. The van der Waals surface area contributed by atoms with Crippen molar-refractivity contribution in [3.63, 3.8) is 0 Å². The normalized spacial score (nSPS) is 12.7. The molecule has 1 N–H and O–H groups in total. The summed E-state index contributed by atoms with van der Waals surface area (Å²) < 4.78 is 36.4. The Labute approximate surface area is 106 Å². The molecule has 0 aliphatic heterocycles. The van der Waals surface area contributed by atoms with Gasteiger partial charge >= 0.3 is 6.18 Å². The van der Waals surface area contributed by atoms with Crippen LogP contribution in [0.25, 0.3) is 16.5 Å². The molecular weight excluding hydrogens is 257 g/mol. The number of hydrogen-bond acceptors (Lipinski definition) is 2. The van der Waals surface area contributed by atoms with Crippen molar-refractivity contribution < 1.29 is 23.1 Å². The van der Waals surface area contributed by atoms with E-state index in [1.165, 1.54) is 6.07 Å². The van der Waals surface area contributed by atoms with Gasteiger partial charge in [-0.25, -0.2) is 0 Å². The highest BCUT2D eigenvalue weighted by molar-refractivity contribution is 6.02. The van der Waals surface area contributed by atoms with E-state index in [0.717, 1.165) is 5.39 Å². The Morgan fingerprint density at radius 3 is 2.37 bits per heavy atom. The highest BCUT2D eigenvalue weighted by Crippen LogP contribution is 2.25. The Kier molecular flexibility index (Phi) is 3.29. The van der Waals surface area contributed by atoms with Gasteiger partial charge in [0, 0.05) is 11.6 Å². The lowest BCUT2D eigenvalue weighted by molar-refractivity contribution is -0.165. The Morgan fingerprint density at radius 1 is 1.05 bits per heavy atom. The molecule has 0 aliphatic rings. The van der Waals surface area contributed by atoms with Crippen LogP contribution in [0.4, 0.5) is 13.2 Å². The van der Waals surface area contributed by atoms with Gasteiger partial charge in [-0.05, 0) is 10.8 Å². The fraction of sp³-hybridized carbons (Fsp3) is 0.0714. The van der Waals surface area contributed by atoms with Gasteiger partial charge in [-0.15, -0.1) is 0 Å². The maximum atomic E-state index is 12.1. The molecule has 0 spiro atoms. The molecule has 0 atom stereocenters. The molecule has 0 unspecified atom stereocenters. The molecule has 0 radical (unpaired) electrons. The van der Waals surface area contributed by atoms with Crippen LogP contribution in [0.15, 0.2) is 48.5 Å². The molecule has 0 bridgehead atoms. The first-order valence-electron chi connectivity index (χ1n) is 5.39. The van der Waals surface area contributed by atoms with Gasteiger partial charge in [0.15, 0.2) is 0 Å². The molecule has 0 aromatic heterocycles. The Morgan fingerprint density at radius 2 is 1.68 bits per heavy atom. The molecule has 2 aromatic carbocycles. The molecule has 0 heterocycles. The number of hydrogen-bond donors (Lipinski definition) is 1. The van der Waals surface area contributed by atoms with Crippen LogP contribution < -0.4 is 0 Å². The predicted molar refractivity (Wildman–Crippen MR) is 65.6 cm³/mol. The number of halogens is 3. The zero-order valence-corrected chi connectivity index (χ0v) is 9.61. The first-order chi connectivity index (χ1) is 8.89. The Bertz CT molecular complexity index is 652. The summed E-state index contributed by atoms with van der Waals surface area (Å²) in [5.74, 6) is -2.78. The average molecular weight is 266 g/mol. The summed E-state index contributed by atoms with van der Waals surface area (Å²) in [6.45, 7) is 0. The third kappa shape index (κ3) is 2.76. The van der Waals surface area contributed by atoms with E-state index in [4.69, 9.17) is 0 Å². The van der Waals surface area contributed by atoms with Crippen molar-refractivity contribution in [2.75, 3.05) is 0 Å². The number of benzene rings is 2. The fourth-order valence-electron chi connectivity index (χ4n) is 1.73. The van der Waals surface area contributed by atoms with E-state index in [1.54, 1.807) is 36.4 Å². The van der Waals surface area contributed by atoms with Crippen LogP contribution in [0.3, 0.4) is 0 Å². The van der Waals surface area contributed by atoms with E-state index in [2.05, 4.69) is 0 Å². The van der Waals surface area contributed by atoms with Gasteiger partial charge in [-0.2, -0.15) is 13.2 Å². The van der Waals surface area contributed by atoms with Crippen LogP contribution in [0, 0.1) is 0 Å². The average Bonchev–Trinajstić information content (AvgIpc) is 2.36. The van der Waals surface area contributed by atoms with Crippen molar-refractivity contribution >= 4 is 22.3 Å². The molecule has 0 saturated carbocycles. The van der Waals surface area contributed by atoms with Crippen LogP contribution >= 0.6 is 0 Å². The summed E-state index contributed by atoms with van der Waals surface area (Å²) >= 11 is 0. The number of rotatable bonds is 2. The van der Waals surface area contributed by atoms with Crippen molar-refractivity contribution in [1.82, 2.24) is 0 Å². The number of alkyl halides is 3. The van der Waals surface area contributed by atoms with Gasteiger partial charge in [0.05, 0.1) is 0 Å². The van der Waals surface area contributed by atoms with Crippen molar-refractivity contribution in [2.24, 2.45) is 0 Å². The van der Waals surface area contributed by atoms with Gasteiger partial charge in [0.1, 0.15) is 5.76 Å². The molecule has 0 saturated heterocycles. The summed E-state index contributed by atoms with van der Waals surface area (Å²) in [7, 11) is 0. The van der Waals surface area contributed by atoms with E-state index in [0.29, 0.717) is 5.39 Å². The Balaban J connectivity index is 2.51.